The number of rotatable bonds is 6. The van der Waals surface area contributed by atoms with Crippen LogP contribution in [0.25, 0.3) is 0 Å². The van der Waals surface area contributed by atoms with E-state index in [9.17, 15) is 9.59 Å². The van der Waals surface area contributed by atoms with E-state index in [-0.39, 0.29) is 18.2 Å². The number of benzene rings is 2. The molecule has 0 heterocycles. The maximum atomic E-state index is 11.9. The van der Waals surface area contributed by atoms with Crippen molar-refractivity contribution >= 4 is 23.1 Å². The summed E-state index contributed by atoms with van der Waals surface area (Å²) in [7, 11) is 0. The summed E-state index contributed by atoms with van der Waals surface area (Å²) in [4.78, 5) is 23.1. The number of amides is 1. The van der Waals surface area contributed by atoms with Gasteiger partial charge >= 0.3 is 0 Å². The Bertz CT molecular complexity index is 646. The molecule has 22 heavy (non-hydrogen) atoms. The van der Waals surface area contributed by atoms with Gasteiger partial charge in [-0.1, -0.05) is 19.1 Å². The lowest BCUT2D eigenvalue weighted by Gasteiger charge is -2.08. The van der Waals surface area contributed by atoms with E-state index >= 15 is 0 Å². The zero-order valence-electron chi connectivity index (χ0n) is 12.8. The fourth-order valence-corrected chi connectivity index (χ4v) is 2.03. The van der Waals surface area contributed by atoms with Gasteiger partial charge in [-0.25, -0.2) is 0 Å². The maximum absolute atomic E-state index is 11.9. The van der Waals surface area contributed by atoms with Crippen LogP contribution in [0.4, 0.5) is 11.4 Å². The lowest BCUT2D eigenvalue weighted by Crippen LogP contribution is -2.21. The van der Waals surface area contributed by atoms with Gasteiger partial charge in [0, 0.05) is 16.9 Å². The van der Waals surface area contributed by atoms with Crippen molar-refractivity contribution in [2.24, 2.45) is 0 Å². The van der Waals surface area contributed by atoms with E-state index in [4.69, 9.17) is 0 Å². The third kappa shape index (κ3) is 4.45. The number of ketones is 1. The Morgan fingerprint density at radius 1 is 0.909 bits per heavy atom. The summed E-state index contributed by atoms with van der Waals surface area (Å²) in [5.41, 5.74) is 3.49. The minimum atomic E-state index is -0.129. The van der Waals surface area contributed by atoms with Crippen molar-refractivity contribution in [1.82, 2.24) is 0 Å². The lowest BCUT2D eigenvalue weighted by atomic mass is 10.1. The topological polar surface area (TPSA) is 58.2 Å². The molecule has 2 aromatic rings. The average Bonchev–Trinajstić information content (AvgIpc) is 2.54. The number of aryl methyl sites for hydroxylation is 1. The van der Waals surface area contributed by atoms with Crippen LogP contribution in [0, 0.1) is 0 Å². The van der Waals surface area contributed by atoms with Crippen molar-refractivity contribution < 1.29 is 9.59 Å². The predicted molar refractivity (Wildman–Crippen MR) is 89.4 cm³/mol. The first-order valence-corrected chi connectivity index (χ1v) is 7.32. The first-order valence-electron chi connectivity index (χ1n) is 7.32. The third-order valence-corrected chi connectivity index (χ3v) is 3.39. The molecule has 0 aromatic heterocycles. The first-order chi connectivity index (χ1) is 10.6. The maximum Gasteiger partial charge on any atom is 0.243 e. The van der Waals surface area contributed by atoms with E-state index in [1.165, 1.54) is 12.5 Å². The van der Waals surface area contributed by atoms with Gasteiger partial charge in [-0.05, 0) is 55.3 Å². The highest BCUT2D eigenvalue weighted by Crippen LogP contribution is 2.11. The van der Waals surface area contributed by atoms with Gasteiger partial charge in [-0.3, -0.25) is 9.59 Å². The highest BCUT2D eigenvalue weighted by atomic mass is 16.2. The summed E-state index contributed by atoms with van der Waals surface area (Å²) >= 11 is 0. The quantitative estimate of drug-likeness (QED) is 0.802. The van der Waals surface area contributed by atoms with E-state index in [2.05, 4.69) is 17.6 Å². The molecule has 2 rings (SSSR count). The molecule has 114 valence electrons. The number of nitrogens with one attached hydrogen (secondary N) is 2. The van der Waals surface area contributed by atoms with E-state index in [1.807, 2.05) is 24.3 Å². The van der Waals surface area contributed by atoms with Crippen LogP contribution in [0.1, 0.15) is 29.8 Å². The zero-order valence-corrected chi connectivity index (χ0v) is 12.8. The van der Waals surface area contributed by atoms with Gasteiger partial charge < -0.3 is 10.6 Å². The minimum Gasteiger partial charge on any atom is -0.376 e. The predicted octanol–water partition coefficient (Wildman–Crippen LogP) is 3.50. The fraction of sp³-hybridized carbons (Fsp3) is 0.222. The van der Waals surface area contributed by atoms with Crippen LogP contribution in [0.5, 0.6) is 0 Å². The average molecular weight is 296 g/mol. The Hall–Kier alpha value is -2.62. The SMILES string of the molecule is CCc1ccc(NCC(=O)Nc2ccc(C(C)=O)cc2)cc1. The van der Waals surface area contributed by atoms with Crippen LogP contribution in [0.3, 0.4) is 0 Å². The van der Waals surface area contributed by atoms with Crippen molar-refractivity contribution in [3.05, 3.63) is 59.7 Å². The molecule has 2 aromatic carbocycles. The smallest absolute Gasteiger partial charge is 0.243 e. The van der Waals surface area contributed by atoms with E-state index in [0.717, 1.165) is 12.1 Å². The first kappa shape index (κ1) is 15.8. The molecule has 0 atom stereocenters. The molecule has 0 saturated heterocycles. The van der Waals surface area contributed by atoms with Crippen LogP contribution >= 0.6 is 0 Å². The summed E-state index contributed by atoms with van der Waals surface area (Å²) < 4.78 is 0. The third-order valence-electron chi connectivity index (χ3n) is 3.39. The van der Waals surface area contributed by atoms with Crippen molar-refractivity contribution in [3.8, 4) is 0 Å². The Balaban J connectivity index is 1.85. The molecule has 2 N–H and O–H groups in total. The van der Waals surface area contributed by atoms with Crippen molar-refractivity contribution in [1.29, 1.82) is 0 Å². The van der Waals surface area contributed by atoms with E-state index < -0.39 is 0 Å². The van der Waals surface area contributed by atoms with Gasteiger partial charge in [0.05, 0.1) is 6.54 Å². The monoisotopic (exact) mass is 296 g/mol. The molecular weight excluding hydrogens is 276 g/mol. The zero-order chi connectivity index (χ0) is 15.9. The summed E-state index contributed by atoms with van der Waals surface area (Å²) in [6.07, 6.45) is 0.997. The summed E-state index contributed by atoms with van der Waals surface area (Å²) in [5, 5.41) is 5.87. The van der Waals surface area contributed by atoms with E-state index in [1.54, 1.807) is 24.3 Å². The van der Waals surface area contributed by atoms with Crippen LogP contribution in [0.2, 0.25) is 0 Å². The fourth-order valence-electron chi connectivity index (χ4n) is 2.03. The van der Waals surface area contributed by atoms with Gasteiger partial charge in [-0.2, -0.15) is 0 Å². The largest absolute Gasteiger partial charge is 0.376 e. The number of Topliss-reactive ketones (excluding diaryl/α,β-unsaturated/α-hetero) is 1. The standard InChI is InChI=1S/C18H20N2O2/c1-3-14-4-8-16(9-5-14)19-12-18(22)20-17-10-6-15(7-11-17)13(2)21/h4-11,19H,3,12H2,1-2H3,(H,20,22). The van der Waals surface area contributed by atoms with Gasteiger partial charge in [0.15, 0.2) is 5.78 Å². The molecule has 0 bridgehead atoms. The number of anilines is 2. The molecule has 0 fully saturated rings. The number of carbonyl (C=O) groups is 2. The van der Waals surface area contributed by atoms with Crippen molar-refractivity contribution in [2.45, 2.75) is 20.3 Å². The van der Waals surface area contributed by atoms with Crippen molar-refractivity contribution in [3.63, 3.8) is 0 Å². The van der Waals surface area contributed by atoms with Gasteiger partial charge in [0.1, 0.15) is 0 Å². The highest BCUT2D eigenvalue weighted by molar-refractivity contribution is 5.96. The van der Waals surface area contributed by atoms with Crippen LogP contribution < -0.4 is 10.6 Å². The summed E-state index contributed by atoms with van der Waals surface area (Å²) in [6, 6.07) is 14.9. The number of carbonyl (C=O) groups excluding carboxylic acids is 2. The second kappa shape index (κ2) is 7.41. The van der Waals surface area contributed by atoms with Crippen LogP contribution in [0.15, 0.2) is 48.5 Å². The Kier molecular flexibility index (Phi) is 5.31. The highest BCUT2D eigenvalue weighted by Gasteiger charge is 2.04. The normalized spacial score (nSPS) is 10.1. The van der Waals surface area contributed by atoms with E-state index in [0.29, 0.717) is 11.3 Å². The molecule has 0 aliphatic heterocycles. The molecule has 0 saturated carbocycles. The summed E-state index contributed by atoms with van der Waals surface area (Å²) in [5.74, 6) is -0.120. The molecule has 4 heteroatoms. The Morgan fingerprint density at radius 2 is 1.50 bits per heavy atom. The number of hydrogen-bond acceptors (Lipinski definition) is 3. The number of hydrogen-bond donors (Lipinski definition) is 2. The lowest BCUT2D eigenvalue weighted by molar-refractivity contribution is -0.114. The minimum absolute atomic E-state index is 0.00932. The molecule has 0 aliphatic rings. The molecule has 0 unspecified atom stereocenters. The van der Waals surface area contributed by atoms with Gasteiger partial charge in [0.25, 0.3) is 0 Å². The Morgan fingerprint density at radius 3 is 2.05 bits per heavy atom. The molecular formula is C18H20N2O2. The van der Waals surface area contributed by atoms with Gasteiger partial charge in [0.2, 0.25) is 5.91 Å². The second-order valence-corrected chi connectivity index (χ2v) is 5.09. The van der Waals surface area contributed by atoms with Crippen LogP contribution in [-0.2, 0) is 11.2 Å². The van der Waals surface area contributed by atoms with Crippen molar-refractivity contribution in [2.75, 3.05) is 17.2 Å². The molecule has 0 spiro atoms. The molecule has 4 nitrogen and oxygen atoms in total. The molecule has 1 amide bonds. The van der Waals surface area contributed by atoms with Gasteiger partial charge in [-0.15, -0.1) is 0 Å². The molecule has 0 aliphatic carbocycles. The second-order valence-electron chi connectivity index (χ2n) is 5.09. The van der Waals surface area contributed by atoms with Crippen LogP contribution in [-0.4, -0.2) is 18.2 Å². The Labute approximate surface area is 130 Å². The molecule has 0 radical (unpaired) electrons. The summed E-state index contributed by atoms with van der Waals surface area (Å²) in [6.45, 7) is 3.81.